The summed E-state index contributed by atoms with van der Waals surface area (Å²) in [5.41, 5.74) is 1.90. The molecule has 6 nitrogen and oxygen atoms in total. The Kier molecular flexibility index (Phi) is 5.71. The lowest BCUT2D eigenvalue weighted by molar-refractivity contribution is 0.0554. The first-order chi connectivity index (χ1) is 11.6. The summed E-state index contributed by atoms with van der Waals surface area (Å²) < 4.78 is 5.37. The molecule has 1 atom stereocenters. The predicted molar refractivity (Wildman–Crippen MR) is 93.5 cm³/mol. The lowest BCUT2D eigenvalue weighted by Gasteiger charge is -2.35. The largest absolute Gasteiger partial charge is 0.392 e. The normalized spacial score (nSPS) is 20.9. The van der Waals surface area contributed by atoms with Crippen LogP contribution in [0, 0.1) is 0 Å². The molecule has 2 aliphatic heterocycles. The summed E-state index contributed by atoms with van der Waals surface area (Å²) in [6.45, 7) is 8.88. The van der Waals surface area contributed by atoms with E-state index in [1.165, 1.54) is 0 Å². The molecule has 6 heteroatoms. The van der Waals surface area contributed by atoms with E-state index < -0.39 is 0 Å². The molecular formula is C18H27N3O3. The highest BCUT2D eigenvalue weighted by Gasteiger charge is 2.22. The van der Waals surface area contributed by atoms with E-state index in [1.54, 1.807) is 6.92 Å². The molecule has 2 fully saturated rings. The van der Waals surface area contributed by atoms with Crippen molar-refractivity contribution in [2.75, 3.05) is 63.9 Å². The van der Waals surface area contributed by atoms with E-state index in [4.69, 9.17) is 4.74 Å². The van der Waals surface area contributed by atoms with Gasteiger partial charge in [-0.1, -0.05) is 0 Å². The van der Waals surface area contributed by atoms with Crippen molar-refractivity contribution >= 4 is 11.6 Å². The molecule has 0 radical (unpaired) electrons. The molecule has 1 aromatic carbocycles. The second kappa shape index (κ2) is 7.96. The number of rotatable bonds is 4. The van der Waals surface area contributed by atoms with Crippen molar-refractivity contribution < 1.29 is 14.6 Å². The number of amides is 1. The first-order valence-corrected chi connectivity index (χ1v) is 8.76. The van der Waals surface area contributed by atoms with E-state index in [0.717, 1.165) is 63.7 Å². The summed E-state index contributed by atoms with van der Waals surface area (Å²) in [6.07, 6.45) is -0.319. The summed E-state index contributed by atoms with van der Waals surface area (Å²) in [4.78, 5) is 19.0. The van der Waals surface area contributed by atoms with Crippen LogP contribution in [0.3, 0.4) is 0 Å². The number of aliphatic hydroxyl groups is 1. The van der Waals surface area contributed by atoms with Gasteiger partial charge in [-0.15, -0.1) is 0 Å². The van der Waals surface area contributed by atoms with Gasteiger partial charge in [0.15, 0.2) is 0 Å². The number of benzene rings is 1. The molecule has 0 saturated carbocycles. The Balaban J connectivity index is 1.55. The third-order valence-electron chi connectivity index (χ3n) is 4.67. The summed E-state index contributed by atoms with van der Waals surface area (Å²) >= 11 is 0. The lowest BCUT2D eigenvalue weighted by Crippen LogP contribution is -2.50. The van der Waals surface area contributed by atoms with Crippen LogP contribution in [-0.2, 0) is 4.74 Å². The van der Waals surface area contributed by atoms with Crippen LogP contribution < -0.4 is 4.90 Å². The van der Waals surface area contributed by atoms with Gasteiger partial charge in [0.2, 0.25) is 0 Å². The summed E-state index contributed by atoms with van der Waals surface area (Å²) in [6, 6.07) is 7.91. The maximum Gasteiger partial charge on any atom is 0.253 e. The van der Waals surface area contributed by atoms with E-state index >= 15 is 0 Å². The van der Waals surface area contributed by atoms with Crippen molar-refractivity contribution in [1.82, 2.24) is 9.80 Å². The fraction of sp³-hybridized carbons (Fsp3) is 0.611. The van der Waals surface area contributed by atoms with Gasteiger partial charge in [0, 0.05) is 57.1 Å². The first kappa shape index (κ1) is 17.2. The smallest absolute Gasteiger partial charge is 0.253 e. The van der Waals surface area contributed by atoms with Crippen LogP contribution in [-0.4, -0.2) is 85.9 Å². The van der Waals surface area contributed by atoms with E-state index in [0.29, 0.717) is 6.54 Å². The fourth-order valence-corrected chi connectivity index (χ4v) is 3.33. The molecule has 1 aromatic rings. The quantitative estimate of drug-likeness (QED) is 0.877. The third kappa shape index (κ3) is 4.26. The molecule has 0 bridgehead atoms. The Morgan fingerprint density at radius 3 is 2.29 bits per heavy atom. The zero-order valence-electron chi connectivity index (χ0n) is 14.4. The van der Waals surface area contributed by atoms with E-state index in [2.05, 4.69) is 9.80 Å². The number of carbonyl (C=O) groups excluding carboxylic acids is 1. The molecule has 2 aliphatic rings. The van der Waals surface area contributed by atoms with Gasteiger partial charge in [0.1, 0.15) is 0 Å². The van der Waals surface area contributed by atoms with Gasteiger partial charge in [-0.25, -0.2) is 0 Å². The van der Waals surface area contributed by atoms with E-state index in [-0.39, 0.29) is 12.0 Å². The van der Waals surface area contributed by atoms with Crippen LogP contribution in [0.5, 0.6) is 0 Å². The van der Waals surface area contributed by atoms with Crippen molar-refractivity contribution in [3.63, 3.8) is 0 Å². The van der Waals surface area contributed by atoms with Crippen molar-refractivity contribution in [3.8, 4) is 0 Å². The minimum atomic E-state index is -0.319. The highest BCUT2D eigenvalue weighted by molar-refractivity contribution is 5.94. The van der Waals surface area contributed by atoms with Crippen LogP contribution in [0.4, 0.5) is 5.69 Å². The molecule has 132 valence electrons. The average molecular weight is 333 g/mol. The number of piperazine rings is 1. The fourth-order valence-electron chi connectivity index (χ4n) is 3.33. The number of aliphatic hydroxyl groups excluding tert-OH is 1. The number of anilines is 1. The maximum absolute atomic E-state index is 12.6. The number of ether oxygens (including phenoxy) is 1. The standard InChI is InChI=1S/C18H27N3O3/c1-15(22)14-19-6-8-21(9-7-19)18(23)16-2-4-17(5-3-16)20-10-12-24-13-11-20/h2-5,15,22H,6-14H2,1H3/t15-/m1/s1. The van der Waals surface area contributed by atoms with Crippen molar-refractivity contribution in [2.45, 2.75) is 13.0 Å². The zero-order valence-corrected chi connectivity index (χ0v) is 14.4. The van der Waals surface area contributed by atoms with Gasteiger partial charge >= 0.3 is 0 Å². The Hall–Kier alpha value is -1.63. The summed E-state index contributed by atoms with van der Waals surface area (Å²) in [5, 5.41) is 9.46. The van der Waals surface area contributed by atoms with Crippen molar-refractivity contribution in [1.29, 1.82) is 0 Å². The Labute approximate surface area is 143 Å². The lowest BCUT2D eigenvalue weighted by atomic mass is 10.1. The van der Waals surface area contributed by atoms with Gasteiger partial charge in [-0.2, -0.15) is 0 Å². The SMILES string of the molecule is C[C@@H](O)CN1CCN(C(=O)c2ccc(N3CCOCC3)cc2)CC1. The van der Waals surface area contributed by atoms with Crippen LogP contribution in [0.1, 0.15) is 17.3 Å². The average Bonchev–Trinajstić information content (AvgIpc) is 2.62. The number of nitrogens with zero attached hydrogens (tertiary/aromatic N) is 3. The van der Waals surface area contributed by atoms with Crippen LogP contribution >= 0.6 is 0 Å². The second-order valence-corrected chi connectivity index (χ2v) is 6.59. The molecular weight excluding hydrogens is 306 g/mol. The van der Waals surface area contributed by atoms with Gasteiger partial charge in [0.05, 0.1) is 19.3 Å². The van der Waals surface area contributed by atoms with Crippen LogP contribution in [0.25, 0.3) is 0 Å². The minimum Gasteiger partial charge on any atom is -0.392 e. The number of carbonyl (C=O) groups is 1. The minimum absolute atomic E-state index is 0.0974. The van der Waals surface area contributed by atoms with Gasteiger partial charge in [-0.05, 0) is 31.2 Å². The Morgan fingerprint density at radius 1 is 1.08 bits per heavy atom. The second-order valence-electron chi connectivity index (χ2n) is 6.59. The molecule has 3 rings (SSSR count). The zero-order chi connectivity index (χ0) is 16.9. The Bertz CT molecular complexity index is 533. The molecule has 0 aromatic heterocycles. The molecule has 0 unspecified atom stereocenters. The van der Waals surface area contributed by atoms with E-state index in [1.807, 2.05) is 29.2 Å². The van der Waals surface area contributed by atoms with Crippen LogP contribution in [0.2, 0.25) is 0 Å². The van der Waals surface area contributed by atoms with Crippen LogP contribution in [0.15, 0.2) is 24.3 Å². The predicted octanol–water partition coefficient (Wildman–Crippen LogP) is 0.662. The molecule has 1 amide bonds. The third-order valence-corrected chi connectivity index (χ3v) is 4.67. The molecule has 24 heavy (non-hydrogen) atoms. The highest BCUT2D eigenvalue weighted by Crippen LogP contribution is 2.18. The summed E-state index contributed by atoms with van der Waals surface area (Å²) in [7, 11) is 0. The number of hydrogen-bond donors (Lipinski definition) is 1. The van der Waals surface area contributed by atoms with Gasteiger partial charge < -0.3 is 19.6 Å². The molecule has 0 spiro atoms. The monoisotopic (exact) mass is 333 g/mol. The molecule has 2 heterocycles. The van der Waals surface area contributed by atoms with Crippen molar-refractivity contribution in [2.24, 2.45) is 0 Å². The summed E-state index contributed by atoms with van der Waals surface area (Å²) in [5.74, 6) is 0.0974. The van der Waals surface area contributed by atoms with Gasteiger partial charge in [-0.3, -0.25) is 9.69 Å². The molecule has 2 saturated heterocycles. The maximum atomic E-state index is 12.6. The highest BCUT2D eigenvalue weighted by atomic mass is 16.5. The molecule has 1 N–H and O–H groups in total. The van der Waals surface area contributed by atoms with Gasteiger partial charge in [0.25, 0.3) is 5.91 Å². The number of morpholine rings is 1. The van der Waals surface area contributed by atoms with Crippen molar-refractivity contribution in [3.05, 3.63) is 29.8 Å². The topological polar surface area (TPSA) is 56.2 Å². The Morgan fingerprint density at radius 2 is 1.71 bits per heavy atom. The number of β-amino-alcohol motifs (C(OH)–C–C–N with tert-alkyl or cyclic N) is 1. The first-order valence-electron chi connectivity index (χ1n) is 8.76. The molecule has 0 aliphatic carbocycles. The number of hydrogen-bond acceptors (Lipinski definition) is 5. The van der Waals surface area contributed by atoms with E-state index in [9.17, 15) is 9.90 Å².